The molecule has 0 saturated carbocycles. The van der Waals surface area contributed by atoms with E-state index in [9.17, 15) is 0 Å². The van der Waals surface area contributed by atoms with Gasteiger partial charge in [0.05, 0.1) is 0 Å². The van der Waals surface area contributed by atoms with Crippen LogP contribution in [-0.2, 0) is 26.2 Å². The van der Waals surface area contributed by atoms with Crippen molar-refractivity contribution in [3.63, 3.8) is 0 Å². The Balaban J connectivity index is -0.0000000150. The Hall–Kier alpha value is 2.11. The Kier molecular flexibility index (Phi) is 51.5. The van der Waals surface area contributed by atoms with Crippen LogP contribution in [0.15, 0.2) is 0 Å². The second-order valence-corrected chi connectivity index (χ2v) is 0.238. The summed E-state index contributed by atoms with van der Waals surface area (Å²) >= 11 is 0. The molecular weight excluding hydrogens is 218 g/mol. The van der Waals surface area contributed by atoms with Gasteiger partial charge in [0.25, 0.3) is 5.09 Å². The molecule has 0 spiro atoms. The second-order valence-electron chi connectivity index (χ2n) is 0.238. The van der Waals surface area contributed by atoms with Gasteiger partial charge >= 0.3 is 60.8 Å². The van der Waals surface area contributed by atoms with Crippen molar-refractivity contribution < 1.29 is 36.5 Å². The molecule has 4 nitrogen and oxygen atoms in total. The van der Waals surface area contributed by atoms with Gasteiger partial charge in [-0.25, -0.2) is 0 Å². The van der Waals surface area contributed by atoms with Gasteiger partial charge < -0.3 is 5.21 Å². The maximum absolute atomic E-state index is 8.36. The molecule has 0 fully saturated rings. The minimum atomic E-state index is -1.50. The number of hydrogen-bond acceptors (Lipinski definition) is 2. The van der Waals surface area contributed by atoms with Crippen LogP contribution >= 0.6 is 0 Å². The molecule has 0 rings (SSSR count). The van der Waals surface area contributed by atoms with Crippen molar-refractivity contribution in [1.82, 2.24) is 0 Å². The van der Waals surface area contributed by atoms with E-state index in [0.29, 0.717) is 0 Å². The van der Waals surface area contributed by atoms with Crippen LogP contribution in [0.25, 0.3) is 0 Å². The number of rotatable bonds is 0. The molecular formula is H5CaMgNO3Zr. The van der Waals surface area contributed by atoms with Crippen LogP contribution in [0.3, 0.4) is 0 Å². The fourth-order valence-corrected chi connectivity index (χ4v) is 0. The summed E-state index contributed by atoms with van der Waals surface area (Å²) < 4.78 is 0. The smallest absolute Gasteiger partial charge is 0 e. The van der Waals surface area contributed by atoms with Gasteiger partial charge in [-0.15, -0.1) is 10.1 Å². The first-order valence-electron chi connectivity index (χ1n) is 0.565. The molecule has 0 radical (unpaired) electrons. The molecule has 0 atom stereocenters. The Bertz CT molecular complexity index is 37.9. The van der Waals surface area contributed by atoms with Crippen molar-refractivity contribution in [2.24, 2.45) is 0 Å². The SMILES string of the molecule is O=[N+]([O-])O.[CaH2].[MgH2].[Zr]. The van der Waals surface area contributed by atoms with Crippen molar-refractivity contribution in [2.75, 3.05) is 0 Å². The van der Waals surface area contributed by atoms with E-state index in [1.807, 2.05) is 0 Å². The van der Waals surface area contributed by atoms with Crippen molar-refractivity contribution in [3.8, 4) is 0 Å². The van der Waals surface area contributed by atoms with Crippen LogP contribution in [-0.4, -0.2) is 71.1 Å². The fourth-order valence-electron chi connectivity index (χ4n) is 0. The van der Waals surface area contributed by atoms with E-state index in [0.717, 1.165) is 0 Å². The van der Waals surface area contributed by atoms with Gasteiger partial charge in [0, 0.05) is 26.2 Å². The molecule has 0 saturated heterocycles. The summed E-state index contributed by atoms with van der Waals surface area (Å²) in [5.41, 5.74) is 0. The van der Waals surface area contributed by atoms with E-state index >= 15 is 0 Å². The van der Waals surface area contributed by atoms with Gasteiger partial charge in [0.1, 0.15) is 0 Å². The molecule has 0 aliphatic carbocycles. The molecule has 0 aromatic heterocycles. The van der Waals surface area contributed by atoms with Crippen LogP contribution in [0.1, 0.15) is 0 Å². The van der Waals surface area contributed by atoms with Gasteiger partial charge in [-0.1, -0.05) is 0 Å². The summed E-state index contributed by atoms with van der Waals surface area (Å²) in [4.78, 5) is 8.36. The van der Waals surface area contributed by atoms with Crippen LogP contribution in [0.5, 0.6) is 0 Å². The Morgan fingerprint density at radius 1 is 1.57 bits per heavy atom. The molecule has 0 aromatic rings. The Morgan fingerprint density at radius 2 is 1.57 bits per heavy atom. The van der Waals surface area contributed by atoms with Crippen LogP contribution < -0.4 is 0 Å². The molecule has 0 aromatic carbocycles. The minimum Gasteiger partial charge on any atom is 0 e. The van der Waals surface area contributed by atoms with Crippen molar-refractivity contribution in [1.29, 1.82) is 0 Å². The molecule has 0 unspecified atom stereocenters. The first-order chi connectivity index (χ1) is 1.73. The average molecular weight is 223 g/mol. The summed E-state index contributed by atoms with van der Waals surface area (Å²) in [5.74, 6) is 0. The largest absolute Gasteiger partial charge is 0.316 e. The second kappa shape index (κ2) is 15.7. The summed E-state index contributed by atoms with van der Waals surface area (Å²) in [6.07, 6.45) is 0. The van der Waals surface area contributed by atoms with Crippen LogP contribution in [0.2, 0.25) is 0 Å². The van der Waals surface area contributed by atoms with Crippen LogP contribution in [0.4, 0.5) is 0 Å². The molecule has 0 aliphatic rings. The zero-order chi connectivity index (χ0) is 3.58. The van der Waals surface area contributed by atoms with Crippen LogP contribution in [0, 0.1) is 10.1 Å². The molecule has 7 heavy (non-hydrogen) atoms. The van der Waals surface area contributed by atoms with E-state index in [4.69, 9.17) is 15.3 Å². The maximum atomic E-state index is 8.36. The number of nitrogens with zero attached hydrogens (tertiary/aromatic N) is 1. The first kappa shape index (κ1) is 22.9. The molecule has 0 bridgehead atoms. The van der Waals surface area contributed by atoms with Crippen molar-refractivity contribution in [3.05, 3.63) is 10.1 Å². The third-order valence-electron chi connectivity index (χ3n) is 0. The van der Waals surface area contributed by atoms with Gasteiger partial charge in [-0.3, -0.25) is 0 Å². The fraction of sp³-hybridized carbons (Fsp3) is 0. The van der Waals surface area contributed by atoms with E-state index in [1.165, 1.54) is 0 Å². The zero-order valence-electron chi connectivity index (χ0n) is 2.21. The standard InChI is InChI=1S/Ca.Mg.HNO3.Zr.4H/c;;2-1(3)4;;;;;/h;;(H,2,3,4);;;;;. The Morgan fingerprint density at radius 3 is 1.57 bits per heavy atom. The molecule has 7 heteroatoms. The maximum Gasteiger partial charge on any atom is 0.316 e. The van der Waals surface area contributed by atoms with Gasteiger partial charge in [-0.05, 0) is 0 Å². The normalized spacial score (nSPS) is 3.43. The van der Waals surface area contributed by atoms with E-state index in [2.05, 4.69) is 0 Å². The van der Waals surface area contributed by atoms with Crippen molar-refractivity contribution >= 4 is 60.8 Å². The molecule has 0 aliphatic heterocycles. The van der Waals surface area contributed by atoms with Gasteiger partial charge in [0.2, 0.25) is 0 Å². The third-order valence-corrected chi connectivity index (χ3v) is 0. The molecule has 0 heterocycles. The van der Waals surface area contributed by atoms with Crippen molar-refractivity contribution in [2.45, 2.75) is 0 Å². The minimum absolute atomic E-state index is 0. The summed E-state index contributed by atoms with van der Waals surface area (Å²) in [5, 5.41) is 13.6. The summed E-state index contributed by atoms with van der Waals surface area (Å²) in [6.45, 7) is 0. The van der Waals surface area contributed by atoms with E-state index in [-0.39, 0.29) is 87.0 Å². The molecule has 0 amide bonds. The zero-order valence-corrected chi connectivity index (χ0v) is 4.67. The van der Waals surface area contributed by atoms with E-state index < -0.39 is 5.09 Å². The topological polar surface area (TPSA) is 63.4 Å². The molecule has 36 valence electrons. The first-order valence-corrected chi connectivity index (χ1v) is 0.565. The van der Waals surface area contributed by atoms with E-state index in [1.54, 1.807) is 0 Å². The average Bonchev–Trinajstić information content (AvgIpc) is 0.811. The molecule has 1 N–H and O–H groups in total. The van der Waals surface area contributed by atoms with Gasteiger partial charge in [0.15, 0.2) is 0 Å². The quantitative estimate of drug-likeness (QED) is 0.288. The third kappa shape index (κ3) is 68.0. The predicted octanol–water partition coefficient (Wildman–Crippen LogP) is -2.18. The van der Waals surface area contributed by atoms with Gasteiger partial charge in [-0.2, -0.15) is 0 Å². The monoisotopic (exact) mass is 221 g/mol. The predicted molar refractivity (Wildman–Crippen MR) is 25.9 cm³/mol. The Labute approximate surface area is 105 Å². The number of hydrogen-bond donors (Lipinski definition) is 1. The summed E-state index contributed by atoms with van der Waals surface area (Å²) in [7, 11) is 0. The summed E-state index contributed by atoms with van der Waals surface area (Å²) in [6, 6.07) is 0.